The summed E-state index contributed by atoms with van der Waals surface area (Å²) >= 11 is 0. The first-order valence-electron chi connectivity index (χ1n) is 7.90. The van der Waals surface area contributed by atoms with E-state index in [-0.39, 0.29) is 12.4 Å². The second-order valence-corrected chi connectivity index (χ2v) is 8.04. The fraction of sp³-hybridized carbons (Fsp3) is 0.625. The van der Waals surface area contributed by atoms with Crippen molar-refractivity contribution in [2.75, 3.05) is 20.1 Å². The Balaban J connectivity index is 0.00000176. The SMILES string of the molecule is CNC1CCN(S(=O)(=O)c2ccc3c(c2)CCCC3)CC1.Cl. The predicted octanol–water partition coefficient (Wildman–Crippen LogP) is 2.36. The molecule has 3 rings (SSSR count). The van der Waals surface area contributed by atoms with Crippen molar-refractivity contribution in [3.05, 3.63) is 29.3 Å². The lowest BCUT2D eigenvalue weighted by Gasteiger charge is -2.31. The fourth-order valence-corrected chi connectivity index (χ4v) is 4.93. The average molecular weight is 345 g/mol. The maximum Gasteiger partial charge on any atom is 0.243 e. The molecule has 1 aromatic rings. The Kier molecular flexibility index (Phi) is 5.88. The Hall–Kier alpha value is -0.620. The van der Waals surface area contributed by atoms with Gasteiger partial charge in [-0.05, 0) is 68.8 Å². The number of hydrogen-bond acceptors (Lipinski definition) is 3. The van der Waals surface area contributed by atoms with E-state index in [1.165, 1.54) is 24.0 Å². The zero-order valence-corrected chi connectivity index (χ0v) is 14.7. The second kappa shape index (κ2) is 7.30. The first-order valence-corrected chi connectivity index (χ1v) is 9.34. The Bertz CT molecular complexity index is 611. The molecule has 0 unspecified atom stereocenters. The van der Waals surface area contributed by atoms with Crippen LogP contribution in [-0.4, -0.2) is 38.9 Å². The molecule has 1 N–H and O–H groups in total. The number of nitrogens with one attached hydrogen (secondary N) is 1. The molecule has 1 aromatic carbocycles. The highest BCUT2D eigenvalue weighted by molar-refractivity contribution is 7.89. The van der Waals surface area contributed by atoms with Gasteiger partial charge in [0.1, 0.15) is 0 Å². The normalized spacial score (nSPS) is 20.2. The van der Waals surface area contributed by atoms with E-state index >= 15 is 0 Å². The van der Waals surface area contributed by atoms with Crippen molar-refractivity contribution in [3.63, 3.8) is 0 Å². The minimum Gasteiger partial charge on any atom is -0.317 e. The van der Waals surface area contributed by atoms with Crippen molar-refractivity contribution in [3.8, 4) is 0 Å². The van der Waals surface area contributed by atoms with Crippen molar-refractivity contribution >= 4 is 22.4 Å². The number of fused-ring (bicyclic) bond motifs is 1. The molecular weight excluding hydrogens is 320 g/mol. The summed E-state index contributed by atoms with van der Waals surface area (Å²) in [7, 11) is -1.38. The summed E-state index contributed by atoms with van der Waals surface area (Å²) in [5, 5.41) is 3.24. The third-order valence-corrected chi connectivity index (χ3v) is 6.71. The molecule has 0 aromatic heterocycles. The highest BCUT2D eigenvalue weighted by Crippen LogP contribution is 2.27. The molecule has 0 bridgehead atoms. The highest BCUT2D eigenvalue weighted by atomic mass is 35.5. The van der Waals surface area contributed by atoms with Crippen LogP contribution in [0.15, 0.2) is 23.1 Å². The summed E-state index contributed by atoms with van der Waals surface area (Å²) in [6.07, 6.45) is 6.27. The number of hydrogen-bond donors (Lipinski definition) is 1. The average Bonchev–Trinajstić information content (AvgIpc) is 2.54. The number of nitrogens with zero attached hydrogens (tertiary/aromatic N) is 1. The molecule has 0 spiro atoms. The molecule has 1 saturated heterocycles. The van der Waals surface area contributed by atoms with Crippen LogP contribution in [0, 0.1) is 0 Å². The molecule has 0 atom stereocenters. The Morgan fingerprint density at radius 1 is 1.09 bits per heavy atom. The van der Waals surface area contributed by atoms with Crippen LogP contribution < -0.4 is 5.32 Å². The largest absolute Gasteiger partial charge is 0.317 e. The van der Waals surface area contributed by atoms with Gasteiger partial charge in [-0.2, -0.15) is 4.31 Å². The molecule has 1 fully saturated rings. The number of benzene rings is 1. The lowest BCUT2D eigenvalue weighted by Crippen LogP contribution is -2.43. The molecule has 0 amide bonds. The van der Waals surface area contributed by atoms with Crippen molar-refractivity contribution in [2.45, 2.75) is 49.5 Å². The van der Waals surface area contributed by atoms with Crippen molar-refractivity contribution in [1.82, 2.24) is 9.62 Å². The van der Waals surface area contributed by atoms with Crippen LogP contribution in [0.4, 0.5) is 0 Å². The van der Waals surface area contributed by atoms with Gasteiger partial charge < -0.3 is 5.32 Å². The lowest BCUT2D eigenvalue weighted by atomic mass is 9.92. The maximum atomic E-state index is 12.8. The van der Waals surface area contributed by atoms with Gasteiger partial charge in [0.05, 0.1) is 4.90 Å². The molecule has 1 aliphatic heterocycles. The summed E-state index contributed by atoms with van der Waals surface area (Å²) < 4.78 is 27.2. The molecule has 124 valence electrons. The molecule has 6 heteroatoms. The fourth-order valence-electron chi connectivity index (χ4n) is 3.40. The number of halogens is 1. The van der Waals surface area contributed by atoms with E-state index in [1.54, 1.807) is 10.4 Å². The van der Waals surface area contributed by atoms with E-state index < -0.39 is 10.0 Å². The topological polar surface area (TPSA) is 49.4 Å². The Labute approximate surface area is 139 Å². The molecular formula is C16H25ClN2O2S. The standard InChI is InChI=1S/C16H24N2O2S.ClH/c1-17-15-8-10-18(11-9-15)21(19,20)16-7-6-13-4-2-3-5-14(13)12-16;/h6-7,12,15,17H,2-5,8-11H2,1H3;1H. The van der Waals surface area contributed by atoms with Crippen LogP contribution >= 0.6 is 12.4 Å². The molecule has 1 heterocycles. The van der Waals surface area contributed by atoms with E-state index in [4.69, 9.17) is 0 Å². The van der Waals surface area contributed by atoms with Crippen molar-refractivity contribution in [2.24, 2.45) is 0 Å². The summed E-state index contributed by atoms with van der Waals surface area (Å²) in [5.41, 5.74) is 2.56. The van der Waals surface area contributed by atoms with Gasteiger partial charge in [-0.25, -0.2) is 8.42 Å². The lowest BCUT2D eigenvalue weighted by molar-refractivity contribution is 0.298. The van der Waals surface area contributed by atoms with Gasteiger partial charge in [-0.1, -0.05) is 6.07 Å². The minimum absolute atomic E-state index is 0. The second-order valence-electron chi connectivity index (χ2n) is 6.10. The van der Waals surface area contributed by atoms with E-state index in [0.29, 0.717) is 24.0 Å². The maximum absolute atomic E-state index is 12.8. The van der Waals surface area contributed by atoms with Gasteiger partial charge in [0.25, 0.3) is 0 Å². The van der Waals surface area contributed by atoms with Crippen LogP contribution in [0.1, 0.15) is 36.8 Å². The van der Waals surface area contributed by atoms with Gasteiger partial charge in [-0.3, -0.25) is 0 Å². The van der Waals surface area contributed by atoms with Crippen molar-refractivity contribution in [1.29, 1.82) is 0 Å². The van der Waals surface area contributed by atoms with E-state index in [9.17, 15) is 8.42 Å². The summed E-state index contributed by atoms with van der Waals surface area (Å²) in [6.45, 7) is 1.23. The predicted molar refractivity (Wildman–Crippen MR) is 91.2 cm³/mol. The van der Waals surface area contributed by atoms with E-state index in [0.717, 1.165) is 25.7 Å². The van der Waals surface area contributed by atoms with Gasteiger partial charge in [-0.15, -0.1) is 12.4 Å². The first kappa shape index (κ1) is 17.7. The summed E-state index contributed by atoms with van der Waals surface area (Å²) in [4.78, 5) is 0.478. The van der Waals surface area contributed by atoms with Gasteiger partial charge >= 0.3 is 0 Å². The summed E-state index contributed by atoms with van der Waals surface area (Å²) in [6, 6.07) is 6.17. The van der Waals surface area contributed by atoms with Gasteiger partial charge in [0.15, 0.2) is 0 Å². The molecule has 1 aliphatic carbocycles. The van der Waals surface area contributed by atoms with Gasteiger partial charge in [0.2, 0.25) is 10.0 Å². The highest BCUT2D eigenvalue weighted by Gasteiger charge is 2.29. The van der Waals surface area contributed by atoms with Crippen LogP contribution in [0.3, 0.4) is 0 Å². The Morgan fingerprint density at radius 3 is 2.36 bits per heavy atom. The third-order valence-electron chi connectivity index (χ3n) is 4.82. The zero-order valence-electron chi connectivity index (χ0n) is 13.0. The molecule has 22 heavy (non-hydrogen) atoms. The Morgan fingerprint density at radius 2 is 1.73 bits per heavy atom. The number of aryl methyl sites for hydroxylation is 2. The zero-order chi connectivity index (χ0) is 14.9. The quantitative estimate of drug-likeness (QED) is 0.915. The number of rotatable bonds is 3. The van der Waals surface area contributed by atoms with Crippen LogP contribution in [0.5, 0.6) is 0 Å². The summed E-state index contributed by atoms with van der Waals surface area (Å²) in [5.74, 6) is 0. The molecule has 0 radical (unpaired) electrons. The van der Waals surface area contributed by atoms with Crippen LogP contribution in [0.2, 0.25) is 0 Å². The van der Waals surface area contributed by atoms with E-state index in [1.807, 2.05) is 19.2 Å². The van der Waals surface area contributed by atoms with Gasteiger partial charge in [0, 0.05) is 19.1 Å². The van der Waals surface area contributed by atoms with Crippen LogP contribution in [-0.2, 0) is 22.9 Å². The first-order chi connectivity index (χ1) is 10.1. The molecule has 0 saturated carbocycles. The monoisotopic (exact) mass is 344 g/mol. The van der Waals surface area contributed by atoms with Crippen molar-refractivity contribution < 1.29 is 8.42 Å². The number of piperidine rings is 1. The molecule has 4 nitrogen and oxygen atoms in total. The third kappa shape index (κ3) is 3.48. The van der Waals surface area contributed by atoms with Crippen LogP contribution in [0.25, 0.3) is 0 Å². The van der Waals surface area contributed by atoms with E-state index in [2.05, 4.69) is 5.32 Å². The minimum atomic E-state index is -3.32. The molecule has 2 aliphatic rings. The number of sulfonamides is 1. The smallest absolute Gasteiger partial charge is 0.243 e.